The maximum atomic E-state index is 12.8. The van der Waals surface area contributed by atoms with Gasteiger partial charge >= 0.3 is 0 Å². The van der Waals surface area contributed by atoms with Crippen LogP contribution in [0, 0.1) is 0 Å². The minimum absolute atomic E-state index is 0.0557. The lowest BCUT2D eigenvalue weighted by Gasteiger charge is -2.12. The maximum absolute atomic E-state index is 12.8. The monoisotopic (exact) mass is 436 g/mol. The van der Waals surface area contributed by atoms with Crippen molar-refractivity contribution in [3.05, 3.63) is 77.0 Å². The number of nitrogens with one attached hydrogen (secondary N) is 2. The molecule has 8 heteroatoms. The molecule has 2 aromatic carbocycles. The van der Waals surface area contributed by atoms with Crippen molar-refractivity contribution < 1.29 is 14.3 Å². The summed E-state index contributed by atoms with van der Waals surface area (Å²) in [6, 6.07) is 17.0. The van der Waals surface area contributed by atoms with Crippen molar-refractivity contribution in [1.82, 2.24) is 15.1 Å². The van der Waals surface area contributed by atoms with Gasteiger partial charge in [-0.2, -0.15) is 16.9 Å². The third-order valence-electron chi connectivity index (χ3n) is 5.05. The summed E-state index contributed by atoms with van der Waals surface area (Å²) in [5.74, 6) is 2.34. The number of hydrogen-bond donors (Lipinski definition) is 2. The summed E-state index contributed by atoms with van der Waals surface area (Å²) in [5.41, 5.74) is 3.56. The Bertz CT molecular complexity index is 1080. The summed E-state index contributed by atoms with van der Waals surface area (Å²) in [6.45, 7) is 0.603. The Morgan fingerprint density at radius 3 is 2.77 bits per heavy atom. The normalized spacial score (nSPS) is 12.3. The van der Waals surface area contributed by atoms with Crippen molar-refractivity contribution in [2.45, 2.75) is 24.5 Å². The van der Waals surface area contributed by atoms with Gasteiger partial charge < -0.3 is 15.4 Å². The van der Waals surface area contributed by atoms with E-state index in [1.54, 1.807) is 47.8 Å². The smallest absolute Gasteiger partial charge is 0.256 e. The molecule has 3 aromatic rings. The Kier molecular flexibility index (Phi) is 6.57. The molecule has 1 aromatic heterocycles. The first-order valence-electron chi connectivity index (χ1n) is 10.1. The average molecular weight is 437 g/mol. The molecule has 2 heterocycles. The van der Waals surface area contributed by atoms with Crippen LogP contribution in [0.25, 0.3) is 0 Å². The minimum Gasteiger partial charge on any atom is -0.497 e. The van der Waals surface area contributed by atoms with E-state index in [1.807, 2.05) is 30.3 Å². The summed E-state index contributed by atoms with van der Waals surface area (Å²) < 4.78 is 6.80. The predicted molar refractivity (Wildman–Crippen MR) is 121 cm³/mol. The zero-order valence-electron chi connectivity index (χ0n) is 17.3. The first kappa shape index (κ1) is 21.0. The summed E-state index contributed by atoms with van der Waals surface area (Å²) in [6.07, 6.45) is 0.762. The third kappa shape index (κ3) is 5.08. The Balaban J connectivity index is 1.43. The van der Waals surface area contributed by atoms with E-state index >= 15 is 0 Å². The van der Waals surface area contributed by atoms with Crippen molar-refractivity contribution in [3.63, 3.8) is 0 Å². The predicted octanol–water partition coefficient (Wildman–Crippen LogP) is 3.25. The molecule has 4 rings (SSSR count). The van der Waals surface area contributed by atoms with E-state index in [0.717, 1.165) is 29.2 Å². The molecule has 0 aliphatic carbocycles. The fraction of sp³-hybridized carbons (Fsp3) is 0.261. The number of hydrogen-bond acceptors (Lipinski definition) is 5. The number of amides is 2. The van der Waals surface area contributed by atoms with Crippen LogP contribution in [-0.2, 0) is 29.3 Å². The largest absolute Gasteiger partial charge is 0.497 e. The van der Waals surface area contributed by atoms with Crippen LogP contribution in [0.2, 0.25) is 0 Å². The van der Waals surface area contributed by atoms with Gasteiger partial charge in [-0.1, -0.05) is 36.4 Å². The van der Waals surface area contributed by atoms with E-state index < -0.39 is 0 Å². The van der Waals surface area contributed by atoms with Gasteiger partial charge in [0.05, 0.1) is 12.8 Å². The molecule has 2 amide bonds. The summed E-state index contributed by atoms with van der Waals surface area (Å²) >= 11 is 1.74. The van der Waals surface area contributed by atoms with Gasteiger partial charge in [-0.25, -0.2) is 4.68 Å². The highest BCUT2D eigenvalue weighted by molar-refractivity contribution is 7.98. The van der Waals surface area contributed by atoms with Gasteiger partial charge in [0.1, 0.15) is 18.1 Å². The fourth-order valence-corrected chi connectivity index (χ4v) is 4.48. The Morgan fingerprint density at radius 1 is 1.13 bits per heavy atom. The Morgan fingerprint density at radius 2 is 1.97 bits per heavy atom. The van der Waals surface area contributed by atoms with Crippen molar-refractivity contribution in [1.29, 1.82) is 0 Å². The minimum atomic E-state index is -0.260. The molecule has 0 unspecified atom stereocenters. The SMILES string of the molecule is COc1cccc(C(=O)Nc2c3c(nn2CC(=O)NCCc2ccccc2)CSC3)c1. The lowest BCUT2D eigenvalue weighted by atomic mass is 10.1. The van der Waals surface area contributed by atoms with Crippen LogP contribution < -0.4 is 15.4 Å². The van der Waals surface area contributed by atoms with Crippen LogP contribution >= 0.6 is 11.8 Å². The van der Waals surface area contributed by atoms with E-state index in [0.29, 0.717) is 23.7 Å². The highest BCUT2D eigenvalue weighted by Gasteiger charge is 2.25. The van der Waals surface area contributed by atoms with Crippen LogP contribution in [0.15, 0.2) is 54.6 Å². The molecule has 0 fully saturated rings. The number of benzene rings is 2. The van der Waals surface area contributed by atoms with E-state index in [4.69, 9.17) is 4.74 Å². The number of ether oxygens (including phenoxy) is 1. The molecule has 0 saturated carbocycles. The van der Waals surface area contributed by atoms with Crippen LogP contribution in [0.3, 0.4) is 0 Å². The lowest BCUT2D eigenvalue weighted by Crippen LogP contribution is -2.30. The summed E-state index contributed by atoms with van der Waals surface area (Å²) in [5, 5.41) is 10.5. The summed E-state index contributed by atoms with van der Waals surface area (Å²) in [4.78, 5) is 25.3. The van der Waals surface area contributed by atoms with Crippen LogP contribution in [0.1, 0.15) is 27.2 Å². The Hall–Kier alpha value is -3.26. The fourth-order valence-electron chi connectivity index (χ4n) is 3.45. The van der Waals surface area contributed by atoms with E-state index in [9.17, 15) is 9.59 Å². The van der Waals surface area contributed by atoms with Gasteiger partial charge in [0, 0.05) is 29.2 Å². The number of thioether (sulfide) groups is 1. The zero-order chi connectivity index (χ0) is 21.6. The van der Waals surface area contributed by atoms with E-state index in [1.165, 1.54) is 5.56 Å². The molecular formula is C23H24N4O3S. The second-order valence-electron chi connectivity index (χ2n) is 7.20. The highest BCUT2D eigenvalue weighted by atomic mass is 32.2. The number of carbonyl (C=O) groups is 2. The van der Waals surface area contributed by atoms with Gasteiger partial charge in [0.15, 0.2) is 0 Å². The molecule has 7 nitrogen and oxygen atoms in total. The zero-order valence-corrected chi connectivity index (χ0v) is 18.1. The van der Waals surface area contributed by atoms with Gasteiger partial charge in [-0.3, -0.25) is 9.59 Å². The van der Waals surface area contributed by atoms with E-state index in [-0.39, 0.29) is 18.4 Å². The van der Waals surface area contributed by atoms with Crippen LogP contribution in [0.5, 0.6) is 5.75 Å². The average Bonchev–Trinajstić information content (AvgIpc) is 3.37. The number of anilines is 1. The first-order chi connectivity index (χ1) is 15.1. The summed E-state index contributed by atoms with van der Waals surface area (Å²) in [7, 11) is 1.56. The topological polar surface area (TPSA) is 85.2 Å². The first-order valence-corrected chi connectivity index (χ1v) is 11.2. The molecule has 1 aliphatic rings. The standard InChI is InChI=1S/C23H24N4O3S/c1-30-18-9-5-8-17(12-18)23(29)25-22-19-14-31-15-20(19)26-27(22)13-21(28)24-11-10-16-6-3-2-4-7-16/h2-9,12H,10-11,13-15H2,1H3,(H,24,28)(H,25,29). The lowest BCUT2D eigenvalue weighted by molar-refractivity contribution is -0.121. The molecule has 2 N–H and O–H groups in total. The molecule has 1 aliphatic heterocycles. The maximum Gasteiger partial charge on any atom is 0.256 e. The molecule has 0 bridgehead atoms. The van der Waals surface area contributed by atoms with Crippen LogP contribution in [-0.4, -0.2) is 35.2 Å². The molecule has 0 radical (unpaired) electrons. The third-order valence-corrected chi connectivity index (χ3v) is 6.03. The molecule has 160 valence electrons. The second kappa shape index (κ2) is 9.70. The van der Waals surface area contributed by atoms with Gasteiger partial charge in [0.25, 0.3) is 5.91 Å². The van der Waals surface area contributed by atoms with Crippen molar-refractivity contribution in [2.24, 2.45) is 0 Å². The van der Waals surface area contributed by atoms with Crippen molar-refractivity contribution in [3.8, 4) is 5.75 Å². The van der Waals surface area contributed by atoms with Crippen molar-refractivity contribution >= 4 is 29.4 Å². The number of fused-ring (bicyclic) bond motifs is 1. The second-order valence-corrected chi connectivity index (χ2v) is 8.18. The van der Waals surface area contributed by atoms with Gasteiger partial charge in [-0.15, -0.1) is 0 Å². The van der Waals surface area contributed by atoms with Gasteiger partial charge in [0.2, 0.25) is 5.91 Å². The number of aromatic nitrogens is 2. The molecular weight excluding hydrogens is 412 g/mol. The van der Waals surface area contributed by atoms with Gasteiger partial charge in [-0.05, 0) is 30.2 Å². The van der Waals surface area contributed by atoms with Crippen molar-refractivity contribution in [2.75, 3.05) is 19.0 Å². The molecule has 0 saturated heterocycles. The van der Waals surface area contributed by atoms with Crippen LogP contribution in [0.4, 0.5) is 5.82 Å². The number of nitrogens with zero attached hydrogens (tertiary/aromatic N) is 2. The number of methoxy groups -OCH3 is 1. The quantitative estimate of drug-likeness (QED) is 0.566. The molecule has 0 spiro atoms. The number of carbonyl (C=O) groups excluding carboxylic acids is 2. The highest BCUT2D eigenvalue weighted by Crippen LogP contribution is 2.35. The number of rotatable bonds is 8. The molecule has 0 atom stereocenters. The molecule has 31 heavy (non-hydrogen) atoms. The Labute approximate surface area is 185 Å². The van der Waals surface area contributed by atoms with E-state index in [2.05, 4.69) is 15.7 Å².